The van der Waals surface area contributed by atoms with Gasteiger partial charge in [-0.15, -0.1) is 0 Å². The molecule has 1 aliphatic heterocycles. The normalized spacial score (nSPS) is 20.7. The Balaban J connectivity index is 1.85. The summed E-state index contributed by atoms with van der Waals surface area (Å²) in [4.78, 5) is 14.6. The monoisotopic (exact) mass is 348 g/mol. The zero-order chi connectivity index (χ0) is 16.4. The van der Waals surface area contributed by atoms with Crippen LogP contribution in [0.15, 0.2) is 48.5 Å². The minimum absolute atomic E-state index is 0.0885. The third-order valence-electron chi connectivity index (χ3n) is 4.44. The molecule has 0 bridgehead atoms. The smallest absolute Gasteiger partial charge is 0.255 e. The number of carbonyl (C=O) groups is 1. The highest BCUT2D eigenvalue weighted by Gasteiger charge is 2.36. The second-order valence-electron chi connectivity index (χ2n) is 5.82. The number of hydrogen-bond acceptors (Lipinski definition) is 2. The summed E-state index contributed by atoms with van der Waals surface area (Å²) in [5.41, 5.74) is 7.60. The minimum atomic E-state index is -0.0885. The first-order valence-electron chi connectivity index (χ1n) is 7.60. The molecule has 1 amide bonds. The number of carbonyl (C=O) groups excluding carboxylic acids is 1. The predicted molar refractivity (Wildman–Crippen MR) is 94.1 cm³/mol. The first-order chi connectivity index (χ1) is 11.1. The Morgan fingerprint density at radius 3 is 2.52 bits per heavy atom. The quantitative estimate of drug-likeness (QED) is 0.916. The number of halogens is 2. The van der Waals surface area contributed by atoms with Gasteiger partial charge < -0.3 is 10.6 Å². The standard InChI is InChI=1S/C18H18Cl2N2O/c19-16-8-4-7-14(17(16)20)18(23)22-10-13(9-21)15(11-22)12-5-2-1-3-6-12/h1-8,13,15H,9-11,21H2/t13-,15+/m1/s1. The summed E-state index contributed by atoms with van der Waals surface area (Å²) in [5.74, 6) is 0.414. The topological polar surface area (TPSA) is 46.3 Å². The third-order valence-corrected chi connectivity index (χ3v) is 5.26. The maximum atomic E-state index is 12.8. The number of rotatable bonds is 3. The van der Waals surface area contributed by atoms with Crippen LogP contribution in [0, 0.1) is 5.92 Å². The highest BCUT2D eigenvalue weighted by molar-refractivity contribution is 6.43. The second-order valence-corrected chi connectivity index (χ2v) is 6.61. The molecule has 0 unspecified atom stereocenters. The predicted octanol–water partition coefficient (Wildman–Crippen LogP) is 3.81. The highest BCUT2D eigenvalue weighted by Crippen LogP contribution is 2.34. The van der Waals surface area contributed by atoms with Crippen molar-refractivity contribution in [2.75, 3.05) is 19.6 Å². The first kappa shape index (κ1) is 16.3. The van der Waals surface area contributed by atoms with Gasteiger partial charge in [-0.1, -0.05) is 59.6 Å². The van der Waals surface area contributed by atoms with Gasteiger partial charge in [0.05, 0.1) is 15.6 Å². The third kappa shape index (κ3) is 3.23. The molecule has 3 nitrogen and oxygen atoms in total. The molecule has 0 aliphatic carbocycles. The van der Waals surface area contributed by atoms with Crippen LogP contribution in [0.5, 0.6) is 0 Å². The highest BCUT2D eigenvalue weighted by atomic mass is 35.5. The summed E-state index contributed by atoms with van der Waals surface area (Å²) in [7, 11) is 0. The Hall–Kier alpha value is -1.55. The molecule has 0 spiro atoms. The van der Waals surface area contributed by atoms with Crippen LogP contribution in [0.25, 0.3) is 0 Å². The lowest BCUT2D eigenvalue weighted by Gasteiger charge is -2.17. The van der Waals surface area contributed by atoms with Crippen molar-refractivity contribution in [2.24, 2.45) is 11.7 Å². The zero-order valence-corrected chi connectivity index (χ0v) is 14.1. The van der Waals surface area contributed by atoms with Crippen LogP contribution in [-0.2, 0) is 0 Å². The van der Waals surface area contributed by atoms with E-state index in [9.17, 15) is 4.79 Å². The molecule has 23 heavy (non-hydrogen) atoms. The summed E-state index contributed by atoms with van der Waals surface area (Å²) in [6.07, 6.45) is 0. The van der Waals surface area contributed by atoms with E-state index in [0.717, 1.165) is 0 Å². The van der Waals surface area contributed by atoms with Crippen molar-refractivity contribution in [1.82, 2.24) is 4.90 Å². The number of nitrogens with two attached hydrogens (primary N) is 1. The lowest BCUT2D eigenvalue weighted by Crippen LogP contribution is -2.30. The van der Waals surface area contributed by atoms with Crippen molar-refractivity contribution in [3.8, 4) is 0 Å². The number of likely N-dealkylation sites (tertiary alicyclic amines) is 1. The van der Waals surface area contributed by atoms with Crippen LogP contribution in [0.2, 0.25) is 10.0 Å². The zero-order valence-electron chi connectivity index (χ0n) is 12.6. The van der Waals surface area contributed by atoms with Crippen molar-refractivity contribution in [1.29, 1.82) is 0 Å². The molecule has 0 radical (unpaired) electrons. The summed E-state index contributed by atoms with van der Waals surface area (Å²) in [5, 5.41) is 0.707. The number of amides is 1. The van der Waals surface area contributed by atoms with Gasteiger partial charge in [0.25, 0.3) is 5.91 Å². The van der Waals surface area contributed by atoms with Crippen LogP contribution in [0.4, 0.5) is 0 Å². The second kappa shape index (κ2) is 6.91. The molecule has 2 atom stereocenters. The fourth-order valence-corrected chi connectivity index (χ4v) is 3.57. The van der Waals surface area contributed by atoms with E-state index in [1.807, 2.05) is 23.1 Å². The maximum absolute atomic E-state index is 12.8. The van der Waals surface area contributed by atoms with Gasteiger partial charge in [-0.3, -0.25) is 4.79 Å². The van der Waals surface area contributed by atoms with Gasteiger partial charge in [-0.05, 0) is 30.2 Å². The Morgan fingerprint density at radius 1 is 1.09 bits per heavy atom. The molecule has 1 heterocycles. The van der Waals surface area contributed by atoms with Crippen molar-refractivity contribution >= 4 is 29.1 Å². The summed E-state index contributed by atoms with van der Waals surface area (Å²) in [6.45, 7) is 1.83. The SMILES string of the molecule is NC[C@@H]1CN(C(=O)c2cccc(Cl)c2Cl)C[C@H]1c1ccccc1. The van der Waals surface area contributed by atoms with Crippen molar-refractivity contribution in [2.45, 2.75) is 5.92 Å². The molecule has 1 saturated heterocycles. The van der Waals surface area contributed by atoms with Crippen LogP contribution in [0.1, 0.15) is 21.8 Å². The number of benzene rings is 2. The largest absolute Gasteiger partial charge is 0.338 e. The van der Waals surface area contributed by atoms with Gasteiger partial charge in [0.1, 0.15) is 0 Å². The average molecular weight is 349 g/mol. The Bertz CT molecular complexity index is 705. The molecule has 1 aliphatic rings. The number of hydrogen-bond donors (Lipinski definition) is 1. The van der Waals surface area contributed by atoms with E-state index in [1.54, 1.807) is 18.2 Å². The lowest BCUT2D eigenvalue weighted by molar-refractivity contribution is 0.0786. The molecular formula is C18H18Cl2N2O. The fraction of sp³-hybridized carbons (Fsp3) is 0.278. The summed E-state index contributed by atoms with van der Waals surface area (Å²) in [6, 6.07) is 15.3. The van der Waals surface area contributed by atoms with Crippen LogP contribution >= 0.6 is 23.2 Å². The Kier molecular flexibility index (Phi) is 4.90. The average Bonchev–Trinajstić information content (AvgIpc) is 3.02. The summed E-state index contributed by atoms with van der Waals surface area (Å²) < 4.78 is 0. The van der Waals surface area contributed by atoms with Crippen molar-refractivity contribution < 1.29 is 4.79 Å². The van der Waals surface area contributed by atoms with E-state index in [1.165, 1.54) is 5.56 Å². The van der Waals surface area contributed by atoms with Gasteiger partial charge in [0.2, 0.25) is 0 Å². The molecule has 0 aromatic heterocycles. The molecule has 1 fully saturated rings. The van der Waals surface area contributed by atoms with Crippen LogP contribution in [-0.4, -0.2) is 30.4 Å². The molecule has 3 rings (SSSR count). The van der Waals surface area contributed by atoms with Gasteiger partial charge in [0.15, 0.2) is 0 Å². The van der Waals surface area contributed by atoms with E-state index in [2.05, 4.69) is 12.1 Å². The van der Waals surface area contributed by atoms with Crippen LogP contribution in [0.3, 0.4) is 0 Å². The molecule has 2 aromatic carbocycles. The fourth-order valence-electron chi connectivity index (χ4n) is 3.19. The number of nitrogens with zero attached hydrogens (tertiary/aromatic N) is 1. The molecule has 0 saturated carbocycles. The van der Waals surface area contributed by atoms with E-state index in [-0.39, 0.29) is 17.7 Å². The Labute approximate surface area is 146 Å². The minimum Gasteiger partial charge on any atom is -0.338 e. The van der Waals surface area contributed by atoms with Crippen molar-refractivity contribution in [3.05, 3.63) is 69.7 Å². The molecule has 120 valence electrons. The van der Waals surface area contributed by atoms with Gasteiger partial charge in [0, 0.05) is 19.0 Å². The summed E-state index contributed by atoms with van der Waals surface area (Å²) >= 11 is 12.2. The molecular weight excluding hydrogens is 331 g/mol. The van der Waals surface area contributed by atoms with Crippen molar-refractivity contribution in [3.63, 3.8) is 0 Å². The van der Waals surface area contributed by atoms with E-state index >= 15 is 0 Å². The lowest BCUT2D eigenvalue weighted by atomic mass is 9.89. The van der Waals surface area contributed by atoms with E-state index in [0.29, 0.717) is 35.2 Å². The maximum Gasteiger partial charge on any atom is 0.255 e. The van der Waals surface area contributed by atoms with Gasteiger partial charge in [-0.2, -0.15) is 0 Å². The molecule has 2 aromatic rings. The van der Waals surface area contributed by atoms with Crippen LogP contribution < -0.4 is 5.73 Å². The van der Waals surface area contributed by atoms with E-state index < -0.39 is 0 Å². The van der Waals surface area contributed by atoms with Gasteiger partial charge in [-0.25, -0.2) is 0 Å². The Morgan fingerprint density at radius 2 is 1.83 bits per heavy atom. The first-order valence-corrected chi connectivity index (χ1v) is 8.35. The molecule has 5 heteroatoms. The molecule has 2 N–H and O–H groups in total. The van der Waals surface area contributed by atoms with Gasteiger partial charge >= 0.3 is 0 Å². The van der Waals surface area contributed by atoms with E-state index in [4.69, 9.17) is 28.9 Å².